The van der Waals surface area contributed by atoms with Crippen molar-refractivity contribution in [2.75, 3.05) is 12.4 Å². The predicted octanol–water partition coefficient (Wildman–Crippen LogP) is 3.21. The van der Waals surface area contributed by atoms with Gasteiger partial charge in [-0.3, -0.25) is 4.79 Å². The molecule has 1 aliphatic heterocycles. The van der Waals surface area contributed by atoms with E-state index in [1.54, 1.807) is 12.3 Å². The highest BCUT2D eigenvalue weighted by Gasteiger charge is 2.29. The van der Waals surface area contributed by atoms with E-state index in [4.69, 9.17) is 16.0 Å². The maximum atomic E-state index is 12.3. The van der Waals surface area contributed by atoms with Crippen molar-refractivity contribution in [2.45, 2.75) is 38.6 Å². The van der Waals surface area contributed by atoms with Crippen molar-refractivity contribution in [3.8, 4) is 0 Å². The molecule has 0 radical (unpaired) electrons. The van der Waals surface area contributed by atoms with E-state index in [2.05, 4.69) is 0 Å². The van der Waals surface area contributed by atoms with Crippen molar-refractivity contribution in [1.29, 1.82) is 0 Å². The molecule has 1 aromatic rings. The topological polar surface area (TPSA) is 33.5 Å². The molecule has 94 valence electrons. The summed E-state index contributed by atoms with van der Waals surface area (Å²) in [6.45, 7) is 2.71. The van der Waals surface area contributed by atoms with E-state index in [1.165, 1.54) is 0 Å². The van der Waals surface area contributed by atoms with Crippen LogP contribution in [0.3, 0.4) is 0 Å². The minimum absolute atomic E-state index is 0.0962. The van der Waals surface area contributed by atoms with Gasteiger partial charge in [-0.25, -0.2) is 0 Å². The van der Waals surface area contributed by atoms with Gasteiger partial charge in [-0.2, -0.15) is 0 Å². The van der Waals surface area contributed by atoms with E-state index < -0.39 is 0 Å². The third kappa shape index (κ3) is 2.83. The van der Waals surface area contributed by atoms with Crippen molar-refractivity contribution >= 4 is 17.5 Å². The lowest BCUT2D eigenvalue weighted by Gasteiger charge is -2.23. The molecule has 4 heteroatoms. The summed E-state index contributed by atoms with van der Waals surface area (Å²) < 4.78 is 5.19. The number of hydrogen-bond acceptors (Lipinski definition) is 2. The Morgan fingerprint density at radius 2 is 2.47 bits per heavy atom. The molecule has 0 spiro atoms. The van der Waals surface area contributed by atoms with Gasteiger partial charge in [0.25, 0.3) is 5.91 Å². The molecular weight excluding hydrogens is 238 g/mol. The summed E-state index contributed by atoms with van der Waals surface area (Å²) >= 11 is 5.71. The standard InChI is InChI=1S/C13H18ClNO2/c1-10-8-11(9-17-10)13(16)15-7-3-5-12(15)4-2-6-14/h8-9,12H,2-7H2,1H3. The highest BCUT2D eigenvalue weighted by molar-refractivity contribution is 6.17. The van der Waals surface area contributed by atoms with Gasteiger partial charge >= 0.3 is 0 Å². The molecule has 17 heavy (non-hydrogen) atoms. The molecule has 0 saturated carbocycles. The first-order valence-electron chi connectivity index (χ1n) is 6.14. The highest BCUT2D eigenvalue weighted by Crippen LogP contribution is 2.24. The van der Waals surface area contributed by atoms with Gasteiger partial charge in [-0.1, -0.05) is 0 Å². The molecule has 0 bridgehead atoms. The maximum absolute atomic E-state index is 12.3. The van der Waals surface area contributed by atoms with E-state index in [0.29, 0.717) is 17.5 Å². The summed E-state index contributed by atoms with van der Waals surface area (Å²) in [4.78, 5) is 14.2. The molecular formula is C13H18ClNO2. The molecule has 1 unspecified atom stereocenters. The van der Waals surface area contributed by atoms with Gasteiger partial charge in [0.15, 0.2) is 0 Å². The Morgan fingerprint density at radius 3 is 3.12 bits per heavy atom. The Morgan fingerprint density at radius 1 is 1.65 bits per heavy atom. The van der Waals surface area contributed by atoms with Gasteiger partial charge in [0.2, 0.25) is 0 Å². The summed E-state index contributed by atoms with van der Waals surface area (Å²) in [6.07, 6.45) is 5.72. The SMILES string of the molecule is Cc1cc(C(=O)N2CCCC2CCCCl)co1. The van der Waals surface area contributed by atoms with Crippen molar-refractivity contribution in [3.63, 3.8) is 0 Å². The van der Waals surface area contributed by atoms with Crippen LogP contribution < -0.4 is 0 Å². The summed E-state index contributed by atoms with van der Waals surface area (Å²) in [7, 11) is 0. The van der Waals surface area contributed by atoms with Crippen LogP contribution in [-0.2, 0) is 0 Å². The van der Waals surface area contributed by atoms with Crippen LogP contribution in [0.4, 0.5) is 0 Å². The molecule has 3 nitrogen and oxygen atoms in total. The Bertz CT molecular complexity index is 389. The predicted molar refractivity (Wildman–Crippen MR) is 67.5 cm³/mol. The third-order valence-electron chi connectivity index (χ3n) is 3.29. The van der Waals surface area contributed by atoms with E-state index in [9.17, 15) is 4.79 Å². The molecule has 1 aromatic heterocycles. The van der Waals surface area contributed by atoms with Crippen LogP contribution in [0.2, 0.25) is 0 Å². The number of carbonyl (C=O) groups is 1. The Balaban J connectivity index is 2.03. The van der Waals surface area contributed by atoms with Crippen LogP contribution in [0.15, 0.2) is 16.7 Å². The fourth-order valence-corrected chi connectivity index (χ4v) is 2.59. The molecule has 2 rings (SSSR count). The molecule has 0 aromatic carbocycles. The summed E-state index contributed by atoms with van der Waals surface area (Å²) in [5, 5.41) is 0. The van der Waals surface area contributed by atoms with Gasteiger partial charge in [0.1, 0.15) is 12.0 Å². The third-order valence-corrected chi connectivity index (χ3v) is 3.55. The molecule has 2 heterocycles. The van der Waals surface area contributed by atoms with Gasteiger partial charge in [0.05, 0.1) is 5.56 Å². The van der Waals surface area contributed by atoms with E-state index in [-0.39, 0.29) is 5.91 Å². The second-order valence-corrected chi connectivity index (χ2v) is 4.95. The monoisotopic (exact) mass is 255 g/mol. The lowest BCUT2D eigenvalue weighted by molar-refractivity contribution is 0.0729. The number of aryl methyl sites for hydroxylation is 1. The number of furan rings is 1. The van der Waals surface area contributed by atoms with Crippen LogP contribution >= 0.6 is 11.6 Å². The minimum Gasteiger partial charge on any atom is -0.469 e. The van der Waals surface area contributed by atoms with Crippen LogP contribution in [0.5, 0.6) is 0 Å². The first kappa shape index (κ1) is 12.5. The lowest BCUT2D eigenvalue weighted by Crippen LogP contribution is -2.35. The number of carbonyl (C=O) groups excluding carboxylic acids is 1. The van der Waals surface area contributed by atoms with Crippen molar-refractivity contribution in [3.05, 3.63) is 23.7 Å². The lowest BCUT2D eigenvalue weighted by atomic mass is 10.1. The first-order chi connectivity index (χ1) is 8.22. The zero-order valence-corrected chi connectivity index (χ0v) is 10.9. The number of rotatable bonds is 4. The number of likely N-dealkylation sites (tertiary alicyclic amines) is 1. The van der Waals surface area contributed by atoms with Crippen molar-refractivity contribution < 1.29 is 9.21 Å². The summed E-state index contributed by atoms with van der Waals surface area (Å²) in [5.41, 5.74) is 0.667. The average molecular weight is 256 g/mol. The Kier molecular flexibility index (Phi) is 4.11. The second kappa shape index (κ2) is 5.58. The first-order valence-corrected chi connectivity index (χ1v) is 6.68. The number of halogens is 1. The zero-order chi connectivity index (χ0) is 12.3. The summed E-state index contributed by atoms with van der Waals surface area (Å²) in [5.74, 6) is 1.55. The van der Waals surface area contributed by atoms with E-state index in [1.807, 2.05) is 11.8 Å². The van der Waals surface area contributed by atoms with Crippen molar-refractivity contribution in [2.24, 2.45) is 0 Å². The van der Waals surface area contributed by atoms with Crippen molar-refractivity contribution in [1.82, 2.24) is 4.90 Å². The molecule has 0 aliphatic carbocycles. The number of amides is 1. The number of hydrogen-bond donors (Lipinski definition) is 0. The van der Waals surface area contributed by atoms with E-state index >= 15 is 0 Å². The van der Waals surface area contributed by atoms with Gasteiger partial charge in [0, 0.05) is 18.5 Å². The largest absolute Gasteiger partial charge is 0.469 e. The maximum Gasteiger partial charge on any atom is 0.257 e. The second-order valence-electron chi connectivity index (χ2n) is 4.57. The summed E-state index contributed by atoms with van der Waals surface area (Å²) in [6, 6.07) is 2.16. The average Bonchev–Trinajstić information content (AvgIpc) is 2.94. The molecule has 0 N–H and O–H groups in total. The normalized spacial score (nSPS) is 19.9. The molecule has 1 amide bonds. The quantitative estimate of drug-likeness (QED) is 0.774. The molecule has 1 aliphatic rings. The smallest absolute Gasteiger partial charge is 0.257 e. The van der Waals surface area contributed by atoms with Crippen LogP contribution in [0.1, 0.15) is 41.8 Å². The van der Waals surface area contributed by atoms with Crippen LogP contribution in [0.25, 0.3) is 0 Å². The number of nitrogens with zero attached hydrogens (tertiary/aromatic N) is 1. The van der Waals surface area contributed by atoms with Crippen LogP contribution in [0, 0.1) is 6.92 Å². The molecule has 1 fully saturated rings. The minimum atomic E-state index is 0.0962. The fraction of sp³-hybridized carbons (Fsp3) is 0.615. The van der Waals surface area contributed by atoms with Gasteiger partial charge in [-0.05, 0) is 38.7 Å². The molecule has 1 atom stereocenters. The highest BCUT2D eigenvalue weighted by atomic mass is 35.5. The Hall–Kier alpha value is -0.960. The van der Waals surface area contributed by atoms with Crippen LogP contribution in [-0.4, -0.2) is 29.3 Å². The molecule has 1 saturated heterocycles. The number of alkyl halides is 1. The van der Waals surface area contributed by atoms with Gasteiger partial charge in [-0.15, -0.1) is 11.6 Å². The Labute approximate surface area is 107 Å². The van der Waals surface area contributed by atoms with E-state index in [0.717, 1.165) is 38.0 Å². The van der Waals surface area contributed by atoms with Gasteiger partial charge < -0.3 is 9.32 Å². The zero-order valence-electron chi connectivity index (χ0n) is 10.1. The fourth-order valence-electron chi connectivity index (χ4n) is 2.44.